The molecule has 19 N–H and O–H groups in total. The number of guanidine groups is 2. The first-order valence-corrected chi connectivity index (χ1v) is 15.9. The Morgan fingerprint density at radius 2 is 1.39 bits per heavy atom. The number of hydrogen-bond donors (Lipinski definition) is 16. The van der Waals surface area contributed by atoms with Crippen molar-refractivity contribution in [1.82, 2.24) is 10.6 Å². The molecule has 20 atom stereocenters. The maximum absolute atomic E-state index is 12.3. The van der Waals surface area contributed by atoms with E-state index in [-0.39, 0.29) is 6.29 Å². The van der Waals surface area contributed by atoms with Gasteiger partial charge in [-0.1, -0.05) is 0 Å². The first-order valence-electron chi connectivity index (χ1n) is 15.9. The molecule has 3 aliphatic heterocycles. The molecule has 3 saturated heterocycles. The Labute approximate surface area is 290 Å². The average Bonchev–Trinajstić information content (AvgIpc) is 3.32. The number of aliphatic imine (C=N–C) groups is 1. The molecule has 19 unspecified atom stereocenters. The van der Waals surface area contributed by atoms with E-state index in [2.05, 4.69) is 15.6 Å². The fourth-order valence-corrected chi connectivity index (χ4v) is 6.62. The third-order valence-corrected chi connectivity index (χ3v) is 9.51. The number of aliphatic hydroxyl groups excluding tert-OH is 9. The number of likely N-dealkylation sites (N-methyl/N-ethyl adjacent to an activating group) is 1. The summed E-state index contributed by atoms with van der Waals surface area (Å²) in [5.41, 5.74) is 13.8. The van der Waals surface area contributed by atoms with E-state index >= 15 is 0 Å². The van der Waals surface area contributed by atoms with E-state index < -0.39 is 147 Å². The molecular formula is C27H49N7O17. The first-order chi connectivity index (χ1) is 23.9. The SMILES string of the molecule is CNC1C(OC2C(OC3C(O)C(O)C(N=C(N)N)C(O)C3NC(=N)N)OC(C)[C@]2(O)C=O)OC(CO)C(OC2OC(CO)C(O)C(O)C2O)C1O. The fraction of sp³-hybridized carbons (Fsp3) is 0.889. The van der Waals surface area contributed by atoms with E-state index in [0.29, 0.717) is 0 Å². The predicted molar refractivity (Wildman–Crippen MR) is 165 cm³/mol. The summed E-state index contributed by atoms with van der Waals surface area (Å²) in [7, 11) is 1.36. The van der Waals surface area contributed by atoms with Crippen molar-refractivity contribution < 1.29 is 84.3 Å². The Morgan fingerprint density at radius 3 is 1.94 bits per heavy atom. The molecule has 1 saturated carbocycles. The van der Waals surface area contributed by atoms with Crippen LogP contribution >= 0.6 is 0 Å². The quantitative estimate of drug-likeness (QED) is 0.0501. The number of nitrogens with zero attached hydrogens (tertiary/aromatic N) is 1. The zero-order valence-corrected chi connectivity index (χ0v) is 27.5. The van der Waals surface area contributed by atoms with Crippen molar-refractivity contribution in [3.05, 3.63) is 0 Å². The van der Waals surface area contributed by atoms with E-state index in [0.717, 1.165) is 0 Å². The predicted octanol–water partition coefficient (Wildman–Crippen LogP) is -10.1. The van der Waals surface area contributed by atoms with Gasteiger partial charge < -0.3 is 107 Å². The second kappa shape index (κ2) is 16.7. The van der Waals surface area contributed by atoms with Crippen molar-refractivity contribution in [3.8, 4) is 0 Å². The van der Waals surface area contributed by atoms with Crippen LogP contribution in [-0.4, -0.2) is 211 Å². The standard InChI is InChI=1S/C27H49N7O17/c1-6-27(45,5-37)21(24(46-6)50-20-10(34-26(30)31)13(39)9(33-25(28)29)14(40)17(20)43)51-22-11(32-2)15(41)19(8(4-36)48-22)49-23-18(44)16(42)12(38)7(3-35)47-23/h5-24,32,35-36,38-45H,3-4H2,1-2H3,(H4,28,29,33)(H4,30,31,34)/t6?,7?,8?,9?,10?,11?,12?,13?,14?,15?,16?,17?,18?,19?,20?,21?,22?,23?,24?,27-/m1/s1. The number of aliphatic hydroxyl groups is 10. The van der Waals surface area contributed by atoms with Crippen LogP contribution in [-0.2, 0) is 33.2 Å². The van der Waals surface area contributed by atoms with Gasteiger partial charge in [0.15, 0.2) is 42.7 Å². The monoisotopic (exact) mass is 743 g/mol. The van der Waals surface area contributed by atoms with Gasteiger partial charge in [-0.2, -0.15) is 0 Å². The first kappa shape index (κ1) is 41.3. The molecule has 24 heteroatoms. The Bertz CT molecular complexity index is 1220. The normalized spacial score (nSPS) is 48.9. The van der Waals surface area contributed by atoms with Crippen molar-refractivity contribution >= 4 is 18.2 Å². The molecule has 294 valence electrons. The molecule has 0 bridgehead atoms. The summed E-state index contributed by atoms with van der Waals surface area (Å²) in [5.74, 6) is -1.24. The largest absolute Gasteiger partial charge is 0.394 e. The Balaban J connectivity index is 1.60. The Kier molecular flexibility index (Phi) is 13.5. The Hall–Kier alpha value is -2.47. The van der Waals surface area contributed by atoms with Gasteiger partial charge >= 0.3 is 0 Å². The lowest BCUT2D eigenvalue weighted by Crippen LogP contribution is -2.70. The van der Waals surface area contributed by atoms with Gasteiger partial charge in [0.25, 0.3) is 0 Å². The lowest BCUT2D eigenvalue weighted by Gasteiger charge is -2.48. The van der Waals surface area contributed by atoms with E-state index in [9.17, 15) is 55.9 Å². The van der Waals surface area contributed by atoms with Crippen LogP contribution in [0.5, 0.6) is 0 Å². The highest BCUT2D eigenvalue weighted by molar-refractivity contribution is 5.76. The molecule has 4 fully saturated rings. The van der Waals surface area contributed by atoms with E-state index in [4.69, 9.17) is 51.0 Å². The van der Waals surface area contributed by atoms with Gasteiger partial charge in [0.2, 0.25) is 0 Å². The molecule has 0 aromatic carbocycles. The van der Waals surface area contributed by atoms with Gasteiger partial charge in [-0.3, -0.25) is 10.2 Å². The number of carbonyl (C=O) groups excluding carboxylic acids is 1. The average molecular weight is 744 g/mol. The van der Waals surface area contributed by atoms with Crippen LogP contribution in [0.25, 0.3) is 0 Å². The van der Waals surface area contributed by atoms with Crippen molar-refractivity contribution in [2.24, 2.45) is 22.2 Å². The number of rotatable bonds is 12. The highest BCUT2D eigenvalue weighted by Crippen LogP contribution is 2.39. The number of nitrogens with two attached hydrogens (primary N) is 3. The van der Waals surface area contributed by atoms with Crippen molar-refractivity contribution in [3.63, 3.8) is 0 Å². The number of hydrogen-bond acceptors (Lipinski definition) is 20. The molecular weight excluding hydrogens is 694 g/mol. The van der Waals surface area contributed by atoms with Gasteiger partial charge in [-0.25, -0.2) is 4.99 Å². The summed E-state index contributed by atoms with van der Waals surface area (Å²) in [4.78, 5) is 16.1. The van der Waals surface area contributed by atoms with Gasteiger partial charge in [0, 0.05) is 0 Å². The highest BCUT2D eigenvalue weighted by atomic mass is 16.8. The minimum Gasteiger partial charge on any atom is -0.394 e. The number of carbonyl (C=O) groups is 1. The molecule has 0 aromatic rings. The second-order valence-corrected chi connectivity index (χ2v) is 12.7. The number of nitrogens with one attached hydrogen (secondary N) is 3. The highest BCUT2D eigenvalue weighted by Gasteiger charge is 2.61. The van der Waals surface area contributed by atoms with Crippen LogP contribution in [0.3, 0.4) is 0 Å². The molecule has 0 aromatic heterocycles. The van der Waals surface area contributed by atoms with Crippen LogP contribution in [0.15, 0.2) is 4.99 Å². The van der Waals surface area contributed by atoms with E-state index in [1.165, 1.54) is 14.0 Å². The molecule has 0 radical (unpaired) electrons. The lowest BCUT2D eigenvalue weighted by atomic mass is 9.81. The minimum atomic E-state index is -2.50. The van der Waals surface area contributed by atoms with Crippen LogP contribution in [0, 0.1) is 5.41 Å². The van der Waals surface area contributed by atoms with Gasteiger partial charge in [-0.05, 0) is 14.0 Å². The van der Waals surface area contributed by atoms with Gasteiger partial charge in [0.1, 0.15) is 79.3 Å². The smallest absolute Gasteiger partial charge is 0.188 e. The van der Waals surface area contributed by atoms with Gasteiger partial charge in [0.05, 0.1) is 31.4 Å². The summed E-state index contributed by atoms with van der Waals surface area (Å²) < 4.78 is 34.6. The molecule has 24 nitrogen and oxygen atoms in total. The van der Waals surface area contributed by atoms with Crippen LogP contribution in [0.1, 0.15) is 6.92 Å². The zero-order valence-electron chi connectivity index (χ0n) is 27.5. The Morgan fingerprint density at radius 1 is 0.784 bits per heavy atom. The molecule has 4 rings (SSSR count). The molecule has 4 aliphatic rings. The zero-order chi connectivity index (χ0) is 38.1. The second-order valence-electron chi connectivity index (χ2n) is 12.7. The topological polar surface area (TPSA) is 413 Å². The molecule has 0 amide bonds. The maximum atomic E-state index is 12.3. The summed E-state index contributed by atoms with van der Waals surface area (Å²) >= 11 is 0. The summed E-state index contributed by atoms with van der Waals surface area (Å²) in [6.45, 7) is -0.345. The third kappa shape index (κ3) is 8.06. The summed E-state index contributed by atoms with van der Waals surface area (Å²) in [6, 6.07) is -4.34. The van der Waals surface area contributed by atoms with Crippen molar-refractivity contribution in [2.75, 3.05) is 20.3 Å². The molecule has 3 heterocycles. The maximum Gasteiger partial charge on any atom is 0.188 e. The molecule has 1 aliphatic carbocycles. The van der Waals surface area contributed by atoms with Gasteiger partial charge in [-0.15, -0.1) is 0 Å². The molecule has 51 heavy (non-hydrogen) atoms. The molecule has 0 spiro atoms. The van der Waals surface area contributed by atoms with Crippen LogP contribution in [0.2, 0.25) is 0 Å². The summed E-state index contributed by atoms with van der Waals surface area (Å²) in [5, 5.41) is 119. The van der Waals surface area contributed by atoms with E-state index in [1.807, 2.05) is 0 Å². The number of aldehydes is 1. The van der Waals surface area contributed by atoms with Crippen LogP contribution in [0.4, 0.5) is 0 Å². The summed E-state index contributed by atoms with van der Waals surface area (Å²) in [6.07, 6.45) is -27.0. The van der Waals surface area contributed by atoms with Crippen LogP contribution < -0.4 is 27.8 Å². The number of ether oxygens (including phenoxy) is 6. The lowest BCUT2D eigenvalue weighted by molar-refractivity contribution is -0.357. The minimum absolute atomic E-state index is 0.0922. The fourth-order valence-electron chi connectivity index (χ4n) is 6.62. The van der Waals surface area contributed by atoms with Crippen molar-refractivity contribution in [1.29, 1.82) is 5.41 Å². The van der Waals surface area contributed by atoms with E-state index in [1.54, 1.807) is 0 Å². The third-order valence-electron chi connectivity index (χ3n) is 9.51. The van der Waals surface area contributed by atoms with Crippen molar-refractivity contribution in [2.45, 2.75) is 129 Å².